The second kappa shape index (κ2) is 9.76. The van der Waals surface area contributed by atoms with E-state index in [0.717, 1.165) is 24.8 Å². The van der Waals surface area contributed by atoms with Crippen LogP contribution in [0, 0.1) is 34.5 Å². The third kappa shape index (κ3) is 4.34. The van der Waals surface area contributed by atoms with E-state index in [1.54, 1.807) is 5.57 Å². The number of benzene rings is 1. The summed E-state index contributed by atoms with van der Waals surface area (Å²) in [5.41, 5.74) is 2.72. The third-order valence-corrected chi connectivity index (χ3v) is 12.9. The Balaban J connectivity index is 1.31. The van der Waals surface area contributed by atoms with Crippen molar-refractivity contribution in [1.29, 1.82) is 0 Å². The van der Waals surface area contributed by atoms with Crippen LogP contribution in [0.2, 0.25) is 0 Å². The van der Waals surface area contributed by atoms with Gasteiger partial charge in [-0.25, -0.2) is 0 Å². The van der Waals surface area contributed by atoms with Crippen LogP contribution in [0.1, 0.15) is 65.7 Å². The number of hydrogen-bond acceptors (Lipinski definition) is 6. The molecule has 4 nitrogen and oxygen atoms in total. The average molecular weight is 541 g/mol. The standard InChI is InChI=1S/C31H40O4S2/c1-18(17-32)23-11-12-24-21(8-7-13-30(23,24)4)14-28(35-29-36-26-9-5-6-10-27(26)37-29)31-16-22(31)15-25(19(31)2)34-20(3)33/h5-6,9-10,14,18,22-25,28-29,32H,2,7-8,11-13,15-17H2,1,3-4H3/b21-14+/t18-,22-,23-,24?,25+,28-,30-,31+/m1/s1. The molecule has 0 amide bonds. The van der Waals surface area contributed by atoms with Crippen LogP contribution < -0.4 is 0 Å². The molecule has 4 fully saturated rings. The van der Waals surface area contributed by atoms with Gasteiger partial charge in [0.1, 0.15) is 6.10 Å². The van der Waals surface area contributed by atoms with Crippen LogP contribution in [0.3, 0.4) is 0 Å². The Morgan fingerprint density at radius 1 is 1.27 bits per heavy atom. The molecule has 1 unspecified atom stereocenters. The fraction of sp³-hybridized carbons (Fsp3) is 0.645. The van der Waals surface area contributed by atoms with E-state index in [-0.39, 0.29) is 40.4 Å². The first-order chi connectivity index (χ1) is 17.8. The lowest BCUT2D eigenvalue weighted by atomic mass is 9.61. The van der Waals surface area contributed by atoms with Gasteiger partial charge in [0, 0.05) is 28.7 Å². The molecule has 1 aromatic rings. The summed E-state index contributed by atoms with van der Waals surface area (Å²) in [6, 6.07) is 8.56. The maximum atomic E-state index is 11.8. The minimum atomic E-state index is -0.228. The first-order valence-corrected chi connectivity index (χ1v) is 15.8. The third-order valence-electron chi connectivity index (χ3n) is 10.4. The average Bonchev–Trinajstić information content (AvgIpc) is 3.13. The van der Waals surface area contributed by atoms with Crippen molar-refractivity contribution in [3.05, 3.63) is 48.1 Å². The smallest absolute Gasteiger partial charge is 0.303 e. The lowest BCUT2D eigenvalue weighted by Crippen LogP contribution is -2.38. The molecule has 8 atom stereocenters. The molecular weight excluding hydrogens is 500 g/mol. The van der Waals surface area contributed by atoms with Crippen LogP contribution >= 0.6 is 23.5 Å². The first-order valence-electron chi connectivity index (χ1n) is 14.0. The summed E-state index contributed by atoms with van der Waals surface area (Å²) < 4.78 is 12.7. The summed E-state index contributed by atoms with van der Waals surface area (Å²) in [4.78, 5) is 14.4. The fourth-order valence-electron chi connectivity index (χ4n) is 8.48. The Morgan fingerprint density at radius 3 is 2.68 bits per heavy atom. The zero-order chi connectivity index (χ0) is 25.9. The second-order valence-electron chi connectivity index (χ2n) is 12.3. The summed E-state index contributed by atoms with van der Waals surface area (Å²) in [6.45, 7) is 11.0. The SMILES string of the molecule is C=C1[C@@H](OC(C)=O)C[C@@H]2C[C@]12[C@@H](/C=C1\CCC[C@@]2(C)C1CC[C@@H]2[C@H](C)CO)OC1Sc2ccccc2S1. The summed E-state index contributed by atoms with van der Waals surface area (Å²) >= 11 is 3.62. The van der Waals surface area contributed by atoms with Crippen molar-refractivity contribution in [2.75, 3.05) is 6.61 Å². The predicted molar refractivity (Wildman–Crippen MR) is 149 cm³/mol. The fourth-order valence-corrected chi connectivity index (χ4v) is 11.0. The molecule has 0 bridgehead atoms. The molecule has 200 valence electrons. The van der Waals surface area contributed by atoms with E-state index in [1.165, 1.54) is 42.4 Å². The number of rotatable bonds is 7. The number of fused-ring (bicyclic) bond motifs is 3. The molecule has 4 saturated carbocycles. The molecule has 1 N–H and O–H groups in total. The van der Waals surface area contributed by atoms with Crippen LogP contribution in [0.5, 0.6) is 0 Å². The van der Waals surface area contributed by atoms with Crippen LogP contribution in [0.15, 0.2) is 57.9 Å². The molecule has 0 radical (unpaired) electrons. The molecule has 6 heteroatoms. The maximum absolute atomic E-state index is 11.8. The number of aliphatic hydroxyl groups excluding tert-OH is 1. The molecule has 5 aliphatic rings. The van der Waals surface area contributed by atoms with E-state index in [4.69, 9.17) is 9.47 Å². The van der Waals surface area contributed by atoms with Gasteiger partial charge in [-0.3, -0.25) is 4.79 Å². The number of carbonyl (C=O) groups is 1. The van der Waals surface area contributed by atoms with Crippen molar-refractivity contribution >= 4 is 29.5 Å². The number of thioether (sulfide) groups is 2. The van der Waals surface area contributed by atoms with Gasteiger partial charge in [0.05, 0.1) is 6.10 Å². The highest BCUT2D eigenvalue weighted by atomic mass is 32.2. The van der Waals surface area contributed by atoms with Crippen molar-refractivity contribution < 1.29 is 19.4 Å². The highest BCUT2D eigenvalue weighted by Crippen LogP contribution is 2.70. The number of carbonyl (C=O) groups excluding carboxylic acids is 1. The lowest BCUT2D eigenvalue weighted by Gasteiger charge is -2.44. The van der Waals surface area contributed by atoms with Gasteiger partial charge < -0.3 is 14.6 Å². The Labute approximate surface area is 230 Å². The molecule has 0 saturated heterocycles. The van der Waals surface area contributed by atoms with Crippen LogP contribution in [0.25, 0.3) is 0 Å². The number of hydrogen-bond donors (Lipinski definition) is 1. The van der Waals surface area contributed by atoms with Crippen LogP contribution in [-0.4, -0.2) is 34.7 Å². The molecule has 1 aliphatic heterocycles. The van der Waals surface area contributed by atoms with Crippen molar-refractivity contribution in [2.45, 2.75) is 92.5 Å². The van der Waals surface area contributed by atoms with E-state index in [2.05, 4.69) is 50.8 Å². The van der Waals surface area contributed by atoms with E-state index in [9.17, 15) is 9.90 Å². The molecule has 0 aromatic heterocycles. The van der Waals surface area contributed by atoms with Crippen LogP contribution in [0.4, 0.5) is 0 Å². The van der Waals surface area contributed by atoms with Gasteiger partial charge in [-0.05, 0) is 91.7 Å². The quantitative estimate of drug-likeness (QED) is 0.291. The summed E-state index contributed by atoms with van der Waals surface area (Å²) in [5, 5.41) is 9.96. The molecular formula is C31H40O4S2. The minimum absolute atomic E-state index is 0.0103. The van der Waals surface area contributed by atoms with Gasteiger partial charge in [0.25, 0.3) is 0 Å². The molecule has 0 spiro atoms. The van der Waals surface area contributed by atoms with Gasteiger partial charge in [-0.15, -0.1) is 0 Å². The lowest BCUT2D eigenvalue weighted by molar-refractivity contribution is -0.144. The summed E-state index contributed by atoms with van der Waals surface area (Å²) in [7, 11) is 0. The number of esters is 1. The van der Waals surface area contributed by atoms with Gasteiger partial charge in [-0.2, -0.15) is 0 Å². The molecule has 4 aliphatic carbocycles. The van der Waals surface area contributed by atoms with Crippen molar-refractivity contribution in [3.63, 3.8) is 0 Å². The number of aliphatic hydroxyl groups is 1. The monoisotopic (exact) mass is 540 g/mol. The Kier molecular flexibility index (Phi) is 6.87. The predicted octanol–water partition coefficient (Wildman–Crippen LogP) is 7.22. The van der Waals surface area contributed by atoms with Crippen molar-refractivity contribution in [1.82, 2.24) is 0 Å². The van der Waals surface area contributed by atoms with Gasteiger partial charge in [0.2, 0.25) is 0 Å². The minimum Gasteiger partial charge on any atom is -0.458 e. The molecule has 1 aromatic carbocycles. The van der Waals surface area contributed by atoms with Gasteiger partial charge >= 0.3 is 5.97 Å². The van der Waals surface area contributed by atoms with E-state index >= 15 is 0 Å². The maximum Gasteiger partial charge on any atom is 0.303 e. The Bertz CT molecular complexity index is 1090. The van der Waals surface area contributed by atoms with Crippen molar-refractivity contribution in [3.8, 4) is 0 Å². The van der Waals surface area contributed by atoms with Crippen molar-refractivity contribution in [2.24, 2.45) is 34.5 Å². The summed E-state index contributed by atoms with van der Waals surface area (Å²) in [6.07, 6.45) is 10.2. The van der Waals surface area contributed by atoms with E-state index < -0.39 is 0 Å². The second-order valence-corrected chi connectivity index (χ2v) is 14.8. The highest BCUT2D eigenvalue weighted by molar-refractivity contribution is 8.19. The zero-order valence-electron chi connectivity index (χ0n) is 22.3. The molecule has 6 rings (SSSR count). The highest BCUT2D eigenvalue weighted by Gasteiger charge is 2.68. The first kappa shape index (κ1) is 26.0. The molecule has 37 heavy (non-hydrogen) atoms. The normalized spacial score (nSPS) is 39.2. The molecule has 1 heterocycles. The Hall–Kier alpha value is -1.21. The van der Waals surface area contributed by atoms with Crippen LogP contribution in [-0.2, 0) is 14.3 Å². The number of ether oxygens (including phenoxy) is 2. The largest absolute Gasteiger partial charge is 0.458 e. The Morgan fingerprint density at radius 2 is 2.00 bits per heavy atom. The zero-order valence-corrected chi connectivity index (χ0v) is 23.9. The van der Waals surface area contributed by atoms with E-state index in [1.807, 2.05) is 23.5 Å². The van der Waals surface area contributed by atoms with Gasteiger partial charge in [-0.1, -0.05) is 67.7 Å². The number of allylic oxidation sites excluding steroid dienone is 1. The summed E-state index contributed by atoms with van der Waals surface area (Å²) in [5.74, 6) is 1.71. The van der Waals surface area contributed by atoms with E-state index in [0.29, 0.717) is 23.7 Å². The topological polar surface area (TPSA) is 55.8 Å². The van der Waals surface area contributed by atoms with Gasteiger partial charge in [0.15, 0.2) is 4.77 Å².